The van der Waals surface area contributed by atoms with Gasteiger partial charge in [-0.15, -0.1) is 0 Å². The van der Waals surface area contributed by atoms with Crippen LogP contribution in [0.4, 0.5) is 10.1 Å². The molecule has 0 spiro atoms. The summed E-state index contributed by atoms with van der Waals surface area (Å²) in [6, 6.07) is 7.23. The molecule has 0 saturated heterocycles. The Labute approximate surface area is 133 Å². The number of nitrogens with zero attached hydrogens (tertiary/aromatic N) is 2. The lowest BCUT2D eigenvalue weighted by atomic mass is 10.2. The Morgan fingerprint density at radius 1 is 1.22 bits per heavy atom. The second kappa shape index (κ2) is 5.56. The van der Waals surface area contributed by atoms with Gasteiger partial charge in [-0.1, -0.05) is 6.07 Å². The molecule has 10 heteroatoms. The monoisotopic (exact) mass is 353 g/mol. The molecule has 1 aromatic heterocycles. The van der Waals surface area contributed by atoms with Crippen molar-refractivity contribution in [2.24, 2.45) is 0 Å². The third-order valence-electron chi connectivity index (χ3n) is 3.00. The molecule has 2 aromatic carbocycles. The summed E-state index contributed by atoms with van der Waals surface area (Å²) >= 11 is 0.855. The molecule has 0 aliphatic heterocycles. The third-order valence-corrected chi connectivity index (χ3v) is 4.94. The van der Waals surface area contributed by atoms with Gasteiger partial charge in [-0.2, -0.15) is 8.75 Å². The Bertz CT molecular complexity index is 1020. The number of benzene rings is 2. The van der Waals surface area contributed by atoms with Gasteiger partial charge in [-0.05, 0) is 30.3 Å². The van der Waals surface area contributed by atoms with Crippen LogP contribution >= 0.6 is 11.7 Å². The summed E-state index contributed by atoms with van der Waals surface area (Å²) in [7, 11) is -4.15. The maximum atomic E-state index is 13.8. The number of nitrogens with one attached hydrogen (secondary N) is 1. The molecule has 0 aliphatic carbocycles. The minimum atomic E-state index is -4.15. The second-order valence-electron chi connectivity index (χ2n) is 4.49. The van der Waals surface area contributed by atoms with Crippen molar-refractivity contribution in [3.63, 3.8) is 0 Å². The number of anilines is 1. The van der Waals surface area contributed by atoms with Crippen LogP contribution < -0.4 is 4.72 Å². The van der Waals surface area contributed by atoms with E-state index in [0.29, 0.717) is 5.52 Å². The first kappa shape index (κ1) is 15.3. The summed E-state index contributed by atoms with van der Waals surface area (Å²) in [6.45, 7) is 0. The number of hydrogen-bond donors (Lipinski definition) is 2. The minimum absolute atomic E-state index is 0.163. The normalized spacial score (nSPS) is 11.5. The van der Waals surface area contributed by atoms with Gasteiger partial charge >= 0.3 is 5.97 Å². The molecule has 0 aliphatic rings. The SMILES string of the molecule is O=C(O)c1ccc(F)c(NS(=O)(=O)c2cccc3nsnc23)c1. The molecule has 2 N–H and O–H groups in total. The molecule has 0 fully saturated rings. The van der Waals surface area contributed by atoms with Crippen LogP contribution in [0.25, 0.3) is 11.0 Å². The smallest absolute Gasteiger partial charge is 0.335 e. The topological polar surface area (TPSA) is 109 Å². The number of aromatic carboxylic acids is 1. The van der Waals surface area contributed by atoms with Crippen molar-refractivity contribution in [3.8, 4) is 0 Å². The summed E-state index contributed by atoms with van der Waals surface area (Å²) in [5.74, 6) is -2.18. The number of halogens is 1. The van der Waals surface area contributed by atoms with Gasteiger partial charge in [-0.3, -0.25) is 4.72 Å². The summed E-state index contributed by atoms with van der Waals surface area (Å²) in [5.41, 5.74) is -0.125. The molecule has 0 atom stereocenters. The average molecular weight is 353 g/mol. The van der Waals surface area contributed by atoms with Crippen LogP contribution in [0.2, 0.25) is 0 Å². The highest BCUT2D eigenvalue weighted by atomic mass is 32.2. The molecule has 0 bridgehead atoms. The largest absolute Gasteiger partial charge is 0.478 e. The molecule has 23 heavy (non-hydrogen) atoms. The van der Waals surface area contributed by atoms with Gasteiger partial charge in [0.1, 0.15) is 21.7 Å². The van der Waals surface area contributed by atoms with E-state index in [1.54, 1.807) is 6.07 Å². The van der Waals surface area contributed by atoms with E-state index >= 15 is 0 Å². The van der Waals surface area contributed by atoms with Crippen LogP contribution in [-0.4, -0.2) is 28.2 Å². The maximum Gasteiger partial charge on any atom is 0.335 e. The number of hydrogen-bond acceptors (Lipinski definition) is 6. The van der Waals surface area contributed by atoms with Gasteiger partial charge in [0.05, 0.1) is 23.0 Å². The molecule has 118 valence electrons. The minimum Gasteiger partial charge on any atom is -0.478 e. The highest BCUT2D eigenvalue weighted by molar-refractivity contribution is 7.93. The van der Waals surface area contributed by atoms with E-state index in [9.17, 15) is 17.6 Å². The zero-order chi connectivity index (χ0) is 16.6. The van der Waals surface area contributed by atoms with E-state index in [1.165, 1.54) is 12.1 Å². The molecule has 7 nitrogen and oxygen atoms in total. The molecule has 1 heterocycles. The molecule has 3 aromatic rings. The summed E-state index contributed by atoms with van der Waals surface area (Å²) < 4.78 is 48.6. The number of carboxylic acid groups (broad SMARTS) is 1. The van der Waals surface area contributed by atoms with Gasteiger partial charge in [0.25, 0.3) is 10.0 Å². The third kappa shape index (κ3) is 2.85. The molecule has 0 unspecified atom stereocenters. The number of carbonyl (C=O) groups is 1. The van der Waals surface area contributed by atoms with Crippen molar-refractivity contribution in [2.45, 2.75) is 4.90 Å². The van der Waals surface area contributed by atoms with Gasteiger partial charge in [-0.25, -0.2) is 17.6 Å². The summed E-state index contributed by atoms with van der Waals surface area (Å²) in [4.78, 5) is 10.8. The molecule has 3 rings (SSSR count). The van der Waals surface area contributed by atoms with E-state index in [0.717, 1.165) is 29.9 Å². The van der Waals surface area contributed by atoms with E-state index in [1.807, 2.05) is 0 Å². The van der Waals surface area contributed by atoms with E-state index in [-0.39, 0.29) is 16.0 Å². The highest BCUT2D eigenvalue weighted by Crippen LogP contribution is 2.25. The lowest BCUT2D eigenvalue weighted by Gasteiger charge is -2.10. The van der Waals surface area contributed by atoms with E-state index < -0.39 is 27.5 Å². The van der Waals surface area contributed by atoms with Gasteiger partial charge in [0.15, 0.2) is 0 Å². The fraction of sp³-hybridized carbons (Fsp3) is 0. The maximum absolute atomic E-state index is 13.8. The van der Waals surface area contributed by atoms with Crippen LogP contribution in [-0.2, 0) is 10.0 Å². The number of carboxylic acids is 1. The lowest BCUT2D eigenvalue weighted by molar-refractivity contribution is 0.0697. The standard InChI is InChI=1S/C13H8FN3O4S2/c14-8-5-4-7(13(18)19)6-10(8)17-23(20,21)11-3-1-2-9-12(11)16-22-15-9/h1-6,17H,(H,18,19). The van der Waals surface area contributed by atoms with Gasteiger partial charge in [0, 0.05) is 0 Å². The number of rotatable bonds is 4. The molecule has 0 saturated carbocycles. The first-order valence-corrected chi connectivity index (χ1v) is 8.37. The van der Waals surface area contributed by atoms with Crippen molar-refractivity contribution >= 4 is 44.4 Å². The van der Waals surface area contributed by atoms with Crippen LogP contribution in [0, 0.1) is 5.82 Å². The Balaban J connectivity index is 2.07. The first-order chi connectivity index (χ1) is 10.9. The van der Waals surface area contributed by atoms with Crippen LogP contribution in [0.1, 0.15) is 10.4 Å². The fourth-order valence-corrected chi connectivity index (χ4v) is 3.76. The second-order valence-corrected chi connectivity index (χ2v) is 6.67. The van der Waals surface area contributed by atoms with Crippen LogP contribution in [0.5, 0.6) is 0 Å². The lowest BCUT2D eigenvalue weighted by Crippen LogP contribution is -2.15. The highest BCUT2D eigenvalue weighted by Gasteiger charge is 2.21. The molecule has 0 amide bonds. The zero-order valence-electron chi connectivity index (χ0n) is 11.2. The van der Waals surface area contributed by atoms with Crippen LogP contribution in [0.3, 0.4) is 0 Å². The van der Waals surface area contributed by atoms with E-state index in [4.69, 9.17) is 5.11 Å². The molecular formula is C13H8FN3O4S2. The molecule has 0 radical (unpaired) electrons. The van der Waals surface area contributed by atoms with Crippen molar-refractivity contribution in [3.05, 3.63) is 47.8 Å². The van der Waals surface area contributed by atoms with Gasteiger partial charge < -0.3 is 5.11 Å². The van der Waals surface area contributed by atoms with E-state index in [2.05, 4.69) is 13.5 Å². The Morgan fingerprint density at radius 2 is 2.00 bits per heavy atom. The Hall–Kier alpha value is -2.59. The van der Waals surface area contributed by atoms with Crippen molar-refractivity contribution in [2.75, 3.05) is 4.72 Å². The van der Waals surface area contributed by atoms with Gasteiger partial charge in [0.2, 0.25) is 0 Å². The average Bonchev–Trinajstić information content (AvgIpc) is 2.97. The Morgan fingerprint density at radius 3 is 2.74 bits per heavy atom. The quantitative estimate of drug-likeness (QED) is 0.745. The fourth-order valence-electron chi connectivity index (χ4n) is 1.93. The van der Waals surface area contributed by atoms with Crippen molar-refractivity contribution in [1.29, 1.82) is 0 Å². The predicted octanol–water partition coefficient (Wildman–Crippen LogP) is 2.33. The number of fused-ring (bicyclic) bond motifs is 1. The zero-order valence-corrected chi connectivity index (χ0v) is 12.9. The summed E-state index contributed by atoms with van der Waals surface area (Å²) in [6.07, 6.45) is 0. The first-order valence-electron chi connectivity index (χ1n) is 6.15. The summed E-state index contributed by atoms with van der Waals surface area (Å²) in [5, 5.41) is 8.91. The van der Waals surface area contributed by atoms with Crippen molar-refractivity contribution in [1.82, 2.24) is 8.75 Å². The number of sulfonamides is 1. The van der Waals surface area contributed by atoms with Crippen LogP contribution in [0.15, 0.2) is 41.3 Å². The Kier molecular flexibility index (Phi) is 3.70. The number of aromatic nitrogens is 2. The predicted molar refractivity (Wildman–Crippen MR) is 81.6 cm³/mol. The molecular weight excluding hydrogens is 345 g/mol. The van der Waals surface area contributed by atoms with Crippen molar-refractivity contribution < 1.29 is 22.7 Å².